The number of nitrogens with two attached hydrogens (primary N) is 1. The van der Waals surface area contributed by atoms with Crippen LogP contribution in [0, 0.1) is 0 Å². The van der Waals surface area contributed by atoms with Crippen LogP contribution in [0.15, 0.2) is 6.20 Å². The molecule has 0 saturated carbocycles. The molecule has 4 heteroatoms. The van der Waals surface area contributed by atoms with E-state index in [1.54, 1.807) is 11.3 Å². The summed E-state index contributed by atoms with van der Waals surface area (Å²) in [6.07, 6.45) is 4.01. The molecule has 0 bridgehead atoms. The molecule has 1 atom stereocenters. The van der Waals surface area contributed by atoms with Crippen LogP contribution in [0.2, 0.25) is 0 Å². The summed E-state index contributed by atoms with van der Waals surface area (Å²) in [5.41, 5.74) is 5.70. The van der Waals surface area contributed by atoms with Gasteiger partial charge in [-0.05, 0) is 27.4 Å². The molecule has 2 N–H and O–H groups in total. The first-order valence-corrected chi connectivity index (χ1v) is 5.73. The van der Waals surface area contributed by atoms with Gasteiger partial charge in [0, 0.05) is 30.1 Å². The largest absolute Gasteiger partial charge is 0.328 e. The van der Waals surface area contributed by atoms with Crippen LogP contribution in [-0.4, -0.2) is 30.0 Å². The fourth-order valence-corrected chi connectivity index (χ4v) is 2.26. The Morgan fingerprint density at radius 3 is 2.86 bits per heavy atom. The van der Waals surface area contributed by atoms with Gasteiger partial charge >= 0.3 is 0 Å². The first-order chi connectivity index (χ1) is 6.58. The number of thiazole rings is 1. The van der Waals surface area contributed by atoms with Gasteiger partial charge in [0.15, 0.2) is 0 Å². The zero-order chi connectivity index (χ0) is 10.6. The Morgan fingerprint density at radius 2 is 2.29 bits per heavy atom. The molecule has 1 rings (SSSR count). The summed E-state index contributed by atoms with van der Waals surface area (Å²) in [4.78, 5) is 7.86. The van der Waals surface area contributed by atoms with E-state index < -0.39 is 0 Å². The minimum Gasteiger partial charge on any atom is -0.328 e. The van der Waals surface area contributed by atoms with Gasteiger partial charge in [-0.1, -0.05) is 0 Å². The molecule has 0 aliphatic heterocycles. The van der Waals surface area contributed by atoms with Gasteiger partial charge in [0.25, 0.3) is 0 Å². The molecular weight excluding hydrogens is 194 g/mol. The monoisotopic (exact) mass is 213 g/mol. The lowest BCUT2D eigenvalue weighted by atomic mass is 10.2. The normalized spacial score (nSPS) is 13.5. The molecule has 1 aromatic rings. The number of hydrogen-bond donors (Lipinski definition) is 1. The maximum absolute atomic E-state index is 5.70. The van der Waals surface area contributed by atoms with Crippen molar-refractivity contribution in [2.75, 3.05) is 14.1 Å². The number of nitrogens with zero attached hydrogens (tertiary/aromatic N) is 2. The fourth-order valence-electron chi connectivity index (χ4n) is 1.20. The van der Waals surface area contributed by atoms with Crippen LogP contribution >= 0.6 is 11.3 Å². The summed E-state index contributed by atoms with van der Waals surface area (Å²) in [7, 11) is 4.14. The van der Waals surface area contributed by atoms with Crippen LogP contribution in [0.25, 0.3) is 0 Å². The standard InChI is InChI=1S/C10H19N3S/c1-8(11)4-5-10-12-6-9(14-10)7-13(2)3/h6,8H,4-5,7,11H2,1-3H3. The highest BCUT2D eigenvalue weighted by Gasteiger charge is 2.04. The summed E-state index contributed by atoms with van der Waals surface area (Å²) in [6.45, 7) is 3.02. The van der Waals surface area contributed by atoms with Crippen LogP contribution in [0.4, 0.5) is 0 Å². The van der Waals surface area contributed by atoms with E-state index in [1.807, 2.05) is 13.1 Å². The Labute approximate surface area is 89.9 Å². The lowest BCUT2D eigenvalue weighted by molar-refractivity contribution is 0.406. The average molecular weight is 213 g/mol. The average Bonchev–Trinajstić information content (AvgIpc) is 2.47. The van der Waals surface area contributed by atoms with Crippen LogP contribution in [0.3, 0.4) is 0 Å². The van der Waals surface area contributed by atoms with Gasteiger partial charge < -0.3 is 10.6 Å². The van der Waals surface area contributed by atoms with Crippen LogP contribution in [0.5, 0.6) is 0 Å². The Kier molecular flexibility index (Phi) is 4.51. The molecule has 0 aliphatic carbocycles. The molecule has 0 radical (unpaired) electrons. The van der Waals surface area contributed by atoms with E-state index in [9.17, 15) is 0 Å². The lowest BCUT2D eigenvalue weighted by Gasteiger charge is -2.05. The van der Waals surface area contributed by atoms with Crippen molar-refractivity contribution in [1.29, 1.82) is 0 Å². The molecule has 0 saturated heterocycles. The Bertz CT molecular complexity index is 268. The second-order valence-corrected chi connectivity index (χ2v) is 5.17. The van der Waals surface area contributed by atoms with Crippen molar-refractivity contribution in [3.05, 3.63) is 16.1 Å². The second-order valence-electron chi connectivity index (χ2n) is 3.97. The number of aromatic nitrogens is 1. The smallest absolute Gasteiger partial charge is 0.0928 e. The quantitative estimate of drug-likeness (QED) is 0.805. The summed E-state index contributed by atoms with van der Waals surface area (Å²) < 4.78 is 0. The molecule has 0 aliphatic rings. The van der Waals surface area contributed by atoms with Crippen LogP contribution in [-0.2, 0) is 13.0 Å². The predicted molar refractivity (Wildman–Crippen MR) is 61.5 cm³/mol. The summed E-state index contributed by atoms with van der Waals surface area (Å²) in [5.74, 6) is 0. The molecule has 14 heavy (non-hydrogen) atoms. The Morgan fingerprint density at radius 1 is 1.57 bits per heavy atom. The molecule has 0 fully saturated rings. The topological polar surface area (TPSA) is 42.1 Å². The molecule has 3 nitrogen and oxygen atoms in total. The molecule has 1 unspecified atom stereocenters. The lowest BCUT2D eigenvalue weighted by Crippen LogP contribution is -2.15. The Balaban J connectivity index is 2.42. The van der Waals surface area contributed by atoms with Gasteiger partial charge in [-0.25, -0.2) is 4.98 Å². The van der Waals surface area contributed by atoms with Gasteiger partial charge in [0.05, 0.1) is 5.01 Å². The zero-order valence-corrected chi connectivity index (χ0v) is 9.97. The van der Waals surface area contributed by atoms with Crippen molar-refractivity contribution in [2.24, 2.45) is 5.73 Å². The van der Waals surface area contributed by atoms with Crippen molar-refractivity contribution in [1.82, 2.24) is 9.88 Å². The highest BCUT2D eigenvalue weighted by molar-refractivity contribution is 7.11. The summed E-state index contributed by atoms with van der Waals surface area (Å²) in [5, 5.41) is 1.21. The number of aryl methyl sites for hydroxylation is 1. The fraction of sp³-hybridized carbons (Fsp3) is 0.700. The van der Waals surface area contributed by atoms with Crippen molar-refractivity contribution in [3.8, 4) is 0 Å². The Hall–Kier alpha value is -0.450. The summed E-state index contributed by atoms with van der Waals surface area (Å²) >= 11 is 1.79. The van der Waals surface area contributed by atoms with Gasteiger partial charge in [-0.3, -0.25) is 0 Å². The van der Waals surface area contributed by atoms with Crippen molar-refractivity contribution < 1.29 is 0 Å². The van der Waals surface area contributed by atoms with E-state index >= 15 is 0 Å². The molecule has 1 aromatic heterocycles. The van der Waals surface area contributed by atoms with Crippen molar-refractivity contribution in [2.45, 2.75) is 32.4 Å². The molecule has 0 amide bonds. The molecule has 80 valence electrons. The molecule has 0 aromatic carbocycles. The third-order valence-electron chi connectivity index (χ3n) is 1.89. The number of hydrogen-bond acceptors (Lipinski definition) is 4. The zero-order valence-electron chi connectivity index (χ0n) is 9.16. The van der Waals surface area contributed by atoms with Gasteiger partial charge in [-0.2, -0.15) is 0 Å². The van der Waals surface area contributed by atoms with E-state index in [0.29, 0.717) is 0 Å². The minimum atomic E-state index is 0.274. The van der Waals surface area contributed by atoms with E-state index in [4.69, 9.17) is 5.73 Å². The second kappa shape index (κ2) is 5.44. The predicted octanol–water partition coefficient (Wildman–Crippen LogP) is 1.48. The van der Waals surface area contributed by atoms with Crippen molar-refractivity contribution in [3.63, 3.8) is 0 Å². The van der Waals surface area contributed by atoms with E-state index in [2.05, 4.69) is 24.0 Å². The first-order valence-electron chi connectivity index (χ1n) is 4.92. The minimum absolute atomic E-state index is 0.274. The highest BCUT2D eigenvalue weighted by Crippen LogP contribution is 2.15. The van der Waals surface area contributed by atoms with Crippen LogP contribution in [0.1, 0.15) is 23.2 Å². The third kappa shape index (κ3) is 4.17. The van der Waals surface area contributed by atoms with E-state index in [0.717, 1.165) is 19.4 Å². The van der Waals surface area contributed by atoms with E-state index in [-0.39, 0.29) is 6.04 Å². The first kappa shape index (κ1) is 11.6. The summed E-state index contributed by atoms with van der Waals surface area (Å²) in [6, 6.07) is 0.274. The maximum atomic E-state index is 5.70. The molecule has 1 heterocycles. The van der Waals surface area contributed by atoms with Gasteiger partial charge in [-0.15, -0.1) is 11.3 Å². The van der Waals surface area contributed by atoms with Gasteiger partial charge in [0.2, 0.25) is 0 Å². The molecule has 0 spiro atoms. The van der Waals surface area contributed by atoms with Crippen LogP contribution < -0.4 is 5.73 Å². The van der Waals surface area contributed by atoms with Crippen molar-refractivity contribution >= 4 is 11.3 Å². The third-order valence-corrected chi connectivity index (χ3v) is 2.93. The maximum Gasteiger partial charge on any atom is 0.0928 e. The number of rotatable bonds is 5. The molecular formula is C10H19N3S. The van der Waals surface area contributed by atoms with E-state index in [1.165, 1.54) is 9.88 Å². The SMILES string of the molecule is CC(N)CCc1ncc(CN(C)C)s1. The van der Waals surface area contributed by atoms with Gasteiger partial charge in [0.1, 0.15) is 0 Å². The highest BCUT2D eigenvalue weighted by atomic mass is 32.1.